The molecule has 0 spiro atoms. The highest BCUT2D eigenvalue weighted by Gasteiger charge is 2.25. The van der Waals surface area contributed by atoms with E-state index in [9.17, 15) is 14.6 Å². The maximum Gasteiger partial charge on any atom is 0.123 e. The first kappa shape index (κ1) is 23.9. The predicted octanol–water partition coefficient (Wildman–Crippen LogP) is 7.48. The van der Waals surface area contributed by atoms with Crippen LogP contribution in [0.5, 0.6) is 5.75 Å². The standard InChI is InChI=1S/C28H34FNO2/c1-6-7-8-9-23-26(20-12-14-22(29)15-13-20)25(19(5)31)27(17(2)3)30-28(23)21-11-10-18(4)24(32)16-21/h10-17,19,31-32H,6-9H2,1-5H3. The van der Waals surface area contributed by atoms with Crippen LogP contribution in [0.3, 0.4) is 0 Å². The van der Waals surface area contributed by atoms with Crippen molar-refractivity contribution in [3.63, 3.8) is 0 Å². The maximum atomic E-state index is 13.8. The van der Waals surface area contributed by atoms with Gasteiger partial charge in [0, 0.05) is 11.1 Å². The molecule has 4 heteroatoms. The van der Waals surface area contributed by atoms with Crippen LogP contribution in [0.15, 0.2) is 42.5 Å². The summed E-state index contributed by atoms with van der Waals surface area (Å²) in [6, 6.07) is 12.1. The number of aryl methyl sites for hydroxylation is 1. The van der Waals surface area contributed by atoms with Gasteiger partial charge in [-0.1, -0.05) is 57.9 Å². The van der Waals surface area contributed by atoms with Crippen LogP contribution in [0.1, 0.15) is 81.4 Å². The van der Waals surface area contributed by atoms with Crippen molar-refractivity contribution in [2.45, 2.75) is 72.3 Å². The fourth-order valence-electron chi connectivity index (χ4n) is 4.26. The normalized spacial score (nSPS) is 12.4. The Bertz CT molecular complexity index is 1070. The summed E-state index contributed by atoms with van der Waals surface area (Å²) >= 11 is 0. The van der Waals surface area contributed by atoms with Crippen molar-refractivity contribution in [1.29, 1.82) is 0 Å². The molecule has 3 rings (SSSR count). The second-order valence-corrected chi connectivity index (χ2v) is 8.91. The topological polar surface area (TPSA) is 53.4 Å². The SMILES string of the molecule is CCCCCc1c(-c2ccc(C)c(O)c2)nc(C(C)C)c(C(C)O)c1-c1ccc(F)cc1. The molecule has 0 bridgehead atoms. The fourth-order valence-corrected chi connectivity index (χ4v) is 4.26. The number of phenolic OH excluding ortho intramolecular Hbond substituents is 1. The van der Waals surface area contributed by atoms with Crippen LogP contribution >= 0.6 is 0 Å². The highest BCUT2D eigenvalue weighted by Crippen LogP contribution is 2.42. The molecule has 1 atom stereocenters. The zero-order valence-electron chi connectivity index (χ0n) is 19.7. The number of halogens is 1. The summed E-state index contributed by atoms with van der Waals surface area (Å²) in [5.74, 6) is 0.0285. The second kappa shape index (κ2) is 10.3. The van der Waals surface area contributed by atoms with Gasteiger partial charge in [-0.25, -0.2) is 4.39 Å². The van der Waals surface area contributed by atoms with Crippen molar-refractivity contribution >= 4 is 0 Å². The summed E-state index contributed by atoms with van der Waals surface area (Å²) < 4.78 is 13.8. The molecule has 32 heavy (non-hydrogen) atoms. The molecule has 0 aliphatic heterocycles. The van der Waals surface area contributed by atoms with Crippen LogP contribution in [-0.2, 0) is 6.42 Å². The van der Waals surface area contributed by atoms with E-state index in [-0.39, 0.29) is 17.5 Å². The highest BCUT2D eigenvalue weighted by molar-refractivity contribution is 5.80. The Balaban J connectivity index is 2.41. The molecule has 0 radical (unpaired) electrons. The van der Waals surface area contributed by atoms with E-state index in [1.165, 1.54) is 12.1 Å². The third-order valence-corrected chi connectivity index (χ3v) is 5.98. The Morgan fingerprint density at radius 3 is 2.19 bits per heavy atom. The Morgan fingerprint density at radius 1 is 0.969 bits per heavy atom. The highest BCUT2D eigenvalue weighted by atomic mass is 19.1. The molecule has 1 aromatic heterocycles. The van der Waals surface area contributed by atoms with Crippen molar-refractivity contribution in [3.05, 3.63) is 70.7 Å². The summed E-state index contributed by atoms with van der Waals surface area (Å²) in [6.07, 6.45) is 3.22. The van der Waals surface area contributed by atoms with Crippen LogP contribution in [0.25, 0.3) is 22.4 Å². The van der Waals surface area contributed by atoms with Gasteiger partial charge in [-0.3, -0.25) is 4.98 Å². The van der Waals surface area contributed by atoms with E-state index in [1.807, 2.05) is 19.1 Å². The van der Waals surface area contributed by atoms with E-state index in [0.29, 0.717) is 0 Å². The lowest BCUT2D eigenvalue weighted by Gasteiger charge is -2.25. The first-order chi connectivity index (χ1) is 15.2. The number of aliphatic hydroxyl groups excluding tert-OH is 1. The van der Waals surface area contributed by atoms with Crippen LogP contribution in [0.4, 0.5) is 4.39 Å². The largest absolute Gasteiger partial charge is 0.508 e. The van der Waals surface area contributed by atoms with E-state index < -0.39 is 6.10 Å². The third kappa shape index (κ3) is 5.02. The Labute approximate surface area is 191 Å². The number of phenols is 1. The monoisotopic (exact) mass is 435 g/mol. The van der Waals surface area contributed by atoms with Crippen LogP contribution < -0.4 is 0 Å². The van der Waals surface area contributed by atoms with Gasteiger partial charge >= 0.3 is 0 Å². The molecule has 2 N–H and O–H groups in total. The zero-order chi connectivity index (χ0) is 23.4. The minimum absolute atomic E-state index is 0.0845. The predicted molar refractivity (Wildman–Crippen MR) is 129 cm³/mol. The van der Waals surface area contributed by atoms with Gasteiger partial charge < -0.3 is 10.2 Å². The molecule has 3 nitrogen and oxygen atoms in total. The Kier molecular flexibility index (Phi) is 7.68. The number of unbranched alkanes of at least 4 members (excludes halogenated alkanes) is 2. The molecular weight excluding hydrogens is 401 g/mol. The molecule has 1 heterocycles. The maximum absolute atomic E-state index is 13.8. The van der Waals surface area contributed by atoms with Crippen LogP contribution in [0, 0.1) is 12.7 Å². The smallest absolute Gasteiger partial charge is 0.123 e. The summed E-state index contributed by atoms with van der Waals surface area (Å²) in [5, 5.41) is 21.2. The fraction of sp³-hybridized carbons (Fsp3) is 0.393. The summed E-state index contributed by atoms with van der Waals surface area (Å²) in [7, 11) is 0. The van der Waals surface area contributed by atoms with Gasteiger partial charge in [0.05, 0.1) is 17.5 Å². The number of pyridine rings is 1. The molecular formula is C28H34FNO2. The lowest BCUT2D eigenvalue weighted by molar-refractivity contribution is 0.197. The molecule has 2 aromatic carbocycles. The first-order valence-electron chi connectivity index (χ1n) is 11.5. The summed E-state index contributed by atoms with van der Waals surface area (Å²) in [4.78, 5) is 5.07. The number of nitrogens with zero attached hydrogens (tertiary/aromatic N) is 1. The lowest BCUT2D eigenvalue weighted by atomic mass is 9.84. The van der Waals surface area contributed by atoms with Gasteiger partial charge in [0.25, 0.3) is 0 Å². The molecule has 1 unspecified atom stereocenters. The van der Waals surface area contributed by atoms with Gasteiger partial charge in [-0.2, -0.15) is 0 Å². The molecule has 170 valence electrons. The molecule has 0 saturated heterocycles. The number of aliphatic hydroxyl groups is 1. The van der Waals surface area contributed by atoms with Gasteiger partial charge in [0.2, 0.25) is 0 Å². The van der Waals surface area contributed by atoms with Crippen molar-refractivity contribution in [2.24, 2.45) is 0 Å². The number of hydrogen-bond acceptors (Lipinski definition) is 3. The van der Waals surface area contributed by atoms with E-state index in [2.05, 4.69) is 20.8 Å². The van der Waals surface area contributed by atoms with E-state index >= 15 is 0 Å². The molecule has 0 aliphatic rings. The average molecular weight is 436 g/mol. The minimum atomic E-state index is -0.717. The van der Waals surface area contributed by atoms with Gasteiger partial charge in [-0.15, -0.1) is 0 Å². The van der Waals surface area contributed by atoms with E-state index in [0.717, 1.165) is 70.5 Å². The first-order valence-corrected chi connectivity index (χ1v) is 11.5. The zero-order valence-corrected chi connectivity index (χ0v) is 19.7. The summed E-state index contributed by atoms with van der Waals surface area (Å²) in [5.41, 5.74) is 6.96. The molecule has 3 aromatic rings. The van der Waals surface area contributed by atoms with Crippen molar-refractivity contribution in [3.8, 4) is 28.1 Å². The van der Waals surface area contributed by atoms with E-state index in [1.54, 1.807) is 25.1 Å². The van der Waals surface area contributed by atoms with Crippen molar-refractivity contribution in [2.75, 3.05) is 0 Å². The van der Waals surface area contributed by atoms with Crippen molar-refractivity contribution in [1.82, 2.24) is 4.98 Å². The summed E-state index contributed by atoms with van der Waals surface area (Å²) in [6.45, 7) is 9.94. The minimum Gasteiger partial charge on any atom is -0.508 e. The molecule has 0 amide bonds. The Morgan fingerprint density at radius 2 is 1.62 bits per heavy atom. The number of aromatic nitrogens is 1. The number of aromatic hydroxyl groups is 1. The lowest BCUT2D eigenvalue weighted by Crippen LogP contribution is -2.11. The van der Waals surface area contributed by atoms with Crippen LogP contribution in [-0.4, -0.2) is 15.2 Å². The van der Waals surface area contributed by atoms with Gasteiger partial charge in [0.1, 0.15) is 11.6 Å². The van der Waals surface area contributed by atoms with Gasteiger partial charge in [-0.05, 0) is 73.1 Å². The molecule has 0 saturated carbocycles. The molecule has 0 fully saturated rings. The second-order valence-electron chi connectivity index (χ2n) is 8.91. The number of hydrogen-bond donors (Lipinski definition) is 2. The Hall–Kier alpha value is -2.72. The molecule has 0 aliphatic carbocycles. The number of rotatable bonds is 8. The van der Waals surface area contributed by atoms with Crippen molar-refractivity contribution < 1.29 is 14.6 Å². The third-order valence-electron chi connectivity index (χ3n) is 5.98. The quantitative estimate of drug-likeness (QED) is 0.361. The van der Waals surface area contributed by atoms with Gasteiger partial charge in [0.15, 0.2) is 0 Å². The number of benzene rings is 2. The van der Waals surface area contributed by atoms with Crippen LogP contribution in [0.2, 0.25) is 0 Å². The van der Waals surface area contributed by atoms with E-state index in [4.69, 9.17) is 4.98 Å². The average Bonchev–Trinajstić information content (AvgIpc) is 2.75.